The van der Waals surface area contributed by atoms with Gasteiger partial charge >= 0.3 is 6.09 Å². The topological polar surface area (TPSA) is 71.4 Å². The molecule has 1 N–H and O–H groups in total. The summed E-state index contributed by atoms with van der Waals surface area (Å²) in [6.45, 7) is 6.06. The summed E-state index contributed by atoms with van der Waals surface area (Å²) >= 11 is 0. The highest BCUT2D eigenvalue weighted by Crippen LogP contribution is 2.13. The zero-order chi connectivity index (χ0) is 18.8. The van der Waals surface area contributed by atoms with Crippen LogP contribution in [0.5, 0.6) is 0 Å². The van der Waals surface area contributed by atoms with Crippen LogP contribution in [0.15, 0.2) is 29.4 Å². The predicted molar refractivity (Wildman–Crippen MR) is 102 cm³/mol. The predicted octanol–water partition coefficient (Wildman–Crippen LogP) is 3.93. The molecule has 0 bridgehead atoms. The number of likely N-dealkylation sites (tertiary alicyclic amines) is 1. The Balaban J connectivity index is 1.64. The van der Waals surface area contributed by atoms with E-state index in [0.29, 0.717) is 26.3 Å². The number of amides is 1. The van der Waals surface area contributed by atoms with Gasteiger partial charge in [0.15, 0.2) is 0 Å². The Hall–Kier alpha value is -2.08. The molecule has 0 aliphatic carbocycles. The lowest BCUT2D eigenvalue weighted by Gasteiger charge is -2.29. The summed E-state index contributed by atoms with van der Waals surface area (Å²) in [6.07, 6.45) is 4.26. The third kappa shape index (κ3) is 6.67. The van der Waals surface area contributed by atoms with E-state index in [9.17, 15) is 4.79 Å². The second-order valence-corrected chi connectivity index (χ2v) is 6.65. The average Bonchev–Trinajstić information content (AvgIpc) is 2.66. The summed E-state index contributed by atoms with van der Waals surface area (Å²) in [5.74, 6) is 0. The Kier molecular flexibility index (Phi) is 8.41. The normalized spacial score (nSPS) is 15.9. The first kappa shape index (κ1) is 20.2. The zero-order valence-electron chi connectivity index (χ0n) is 15.8. The molecule has 1 fully saturated rings. The second-order valence-electron chi connectivity index (χ2n) is 6.65. The fourth-order valence-electron chi connectivity index (χ4n) is 2.95. The van der Waals surface area contributed by atoms with Gasteiger partial charge in [0.05, 0.1) is 18.4 Å². The molecule has 1 aromatic carbocycles. The van der Waals surface area contributed by atoms with E-state index in [-0.39, 0.29) is 6.10 Å². The molecule has 0 spiro atoms. The highest BCUT2D eigenvalue weighted by molar-refractivity contribution is 5.98. The lowest BCUT2D eigenvalue weighted by Crippen LogP contribution is -2.40. The van der Waals surface area contributed by atoms with Crippen molar-refractivity contribution in [2.75, 3.05) is 26.3 Å². The molecule has 6 heteroatoms. The minimum Gasteiger partial charge on any atom is -0.465 e. The molecule has 0 aromatic heterocycles. The Morgan fingerprint density at radius 1 is 1.23 bits per heavy atom. The van der Waals surface area contributed by atoms with Crippen LogP contribution in [-0.2, 0) is 16.0 Å². The van der Waals surface area contributed by atoms with Gasteiger partial charge in [0, 0.05) is 13.1 Å². The van der Waals surface area contributed by atoms with Gasteiger partial charge in [-0.25, -0.2) is 4.79 Å². The van der Waals surface area contributed by atoms with Crippen LogP contribution in [0.3, 0.4) is 0 Å². The zero-order valence-corrected chi connectivity index (χ0v) is 15.8. The lowest BCUT2D eigenvalue weighted by molar-refractivity contribution is -0.0192. The summed E-state index contributed by atoms with van der Waals surface area (Å²) in [7, 11) is 0. The molecule has 26 heavy (non-hydrogen) atoms. The van der Waals surface area contributed by atoms with Gasteiger partial charge in [0.2, 0.25) is 0 Å². The van der Waals surface area contributed by atoms with Crippen LogP contribution in [0.2, 0.25) is 0 Å². The fourth-order valence-corrected chi connectivity index (χ4v) is 2.95. The van der Waals surface area contributed by atoms with Crippen LogP contribution in [0.25, 0.3) is 0 Å². The highest BCUT2D eigenvalue weighted by Gasteiger charge is 2.22. The first-order chi connectivity index (χ1) is 12.6. The number of benzene rings is 1. The third-order valence-electron chi connectivity index (χ3n) is 4.63. The summed E-state index contributed by atoms with van der Waals surface area (Å²) in [5, 5.41) is 13.1. The van der Waals surface area contributed by atoms with Gasteiger partial charge < -0.3 is 19.6 Å². The van der Waals surface area contributed by atoms with Crippen LogP contribution in [0.1, 0.15) is 50.7 Å². The maximum absolute atomic E-state index is 10.9. The molecule has 144 valence electrons. The maximum Gasteiger partial charge on any atom is 0.407 e. The van der Waals surface area contributed by atoms with Crippen molar-refractivity contribution in [1.82, 2.24) is 4.90 Å². The standard InChI is InChI=1S/C20H30N2O4/c1-3-4-5-17-6-8-18(9-7-17)16(2)21-26-15-14-25-19-10-12-22(13-11-19)20(23)24/h6-9,19H,3-5,10-15H2,1-2H3,(H,23,24). The molecule has 1 aromatic rings. The van der Waals surface area contributed by atoms with Crippen LogP contribution >= 0.6 is 0 Å². The van der Waals surface area contributed by atoms with E-state index < -0.39 is 6.09 Å². The molecule has 1 amide bonds. The van der Waals surface area contributed by atoms with Crippen LogP contribution in [0, 0.1) is 0 Å². The highest BCUT2D eigenvalue weighted by atomic mass is 16.6. The number of oxime groups is 1. The molecular formula is C20H30N2O4. The van der Waals surface area contributed by atoms with Gasteiger partial charge in [-0.05, 0) is 43.7 Å². The van der Waals surface area contributed by atoms with Gasteiger partial charge in [-0.1, -0.05) is 42.8 Å². The molecule has 0 radical (unpaired) electrons. The minimum absolute atomic E-state index is 0.106. The summed E-state index contributed by atoms with van der Waals surface area (Å²) in [6, 6.07) is 8.47. The number of hydrogen-bond acceptors (Lipinski definition) is 4. The van der Waals surface area contributed by atoms with Crippen LogP contribution < -0.4 is 0 Å². The number of unbranched alkanes of at least 4 members (excludes halogenated alkanes) is 1. The van der Waals surface area contributed by atoms with E-state index in [1.54, 1.807) is 0 Å². The van der Waals surface area contributed by atoms with Crippen molar-refractivity contribution in [3.63, 3.8) is 0 Å². The molecular weight excluding hydrogens is 332 g/mol. The van der Waals surface area contributed by atoms with Crippen molar-refractivity contribution in [2.45, 2.75) is 52.1 Å². The van der Waals surface area contributed by atoms with Gasteiger partial charge in [0.25, 0.3) is 0 Å². The number of ether oxygens (including phenoxy) is 1. The number of nitrogens with zero attached hydrogens (tertiary/aromatic N) is 2. The van der Waals surface area contributed by atoms with E-state index in [1.165, 1.54) is 23.3 Å². The van der Waals surface area contributed by atoms with Gasteiger partial charge in [0.1, 0.15) is 6.61 Å². The van der Waals surface area contributed by atoms with E-state index in [2.05, 4.69) is 36.3 Å². The van der Waals surface area contributed by atoms with Crippen molar-refractivity contribution in [1.29, 1.82) is 0 Å². The van der Waals surface area contributed by atoms with Crippen molar-refractivity contribution < 1.29 is 19.5 Å². The molecule has 0 saturated carbocycles. The molecule has 0 unspecified atom stereocenters. The first-order valence-corrected chi connectivity index (χ1v) is 9.45. The first-order valence-electron chi connectivity index (χ1n) is 9.45. The molecule has 1 heterocycles. The Bertz CT molecular complexity index is 578. The van der Waals surface area contributed by atoms with E-state index >= 15 is 0 Å². The van der Waals surface area contributed by atoms with Crippen molar-refractivity contribution >= 4 is 11.8 Å². The molecule has 0 atom stereocenters. The van der Waals surface area contributed by atoms with Crippen molar-refractivity contribution in [3.05, 3.63) is 35.4 Å². The third-order valence-corrected chi connectivity index (χ3v) is 4.63. The fraction of sp³-hybridized carbons (Fsp3) is 0.600. The van der Waals surface area contributed by atoms with E-state index in [1.807, 2.05) is 6.92 Å². The van der Waals surface area contributed by atoms with E-state index in [4.69, 9.17) is 14.7 Å². The van der Waals surface area contributed by atoms with Crippen LogP contribution in [-0.4, -0.2) is 54.2 Å². The average molecular weight is 362 g/mol. The van der Waals surface area contributed by atoms with Gasteiger partial charge in [-0.2, -0.15) is 0 Å². The smallest absolute Gasteiger partial charge is 0.407 e. The van der Waals surface area contributed by atoms with Crippen molar-refractivity contribution in [2.24, 2.45) is 5.16 Å². The molecule has 1 aliphatic rings. The van der Waals surface area contributed by atoms with Gasteiger partial charge in [-0.3, -0.25) is 0 Å². The quantitative estimate of drug-likeness (QED) is 0.410. The number of aryl methyl sites for hydroxylation is 1. The Labute approximate surface area is 155 Å². The van der Waals surface area contributed by atoms with E-state index in [0.717, 1.165) is 30.5 Å². The molecule has 6 nitrogen and oxygen atoms in total. The summed E-state index contributed by atoms with van der Waals surface area (Å²) in [4.78, 5) is 17.6. The Morgan fingerprint density at radius 3 is 2.54 bits per heavy atom. The number of carboxylic acid groups (broad SMARTS) is 1. The maximum atomic E-state index is 10.9. The second kappa shape index (κ2) is 10.8. The number of hydrogen-bond donors (Lipinski definition) is 1. The van der Waals surface area contributed by atoms with Crippen LogP contribution in [0.4, 0.5) is 4.79 Å². The SMILES string of the molecule is CCCCc1ccc(C(C)=NOCCOC2CCN(C(=O)O)CC2)cc1. The monoisotopic (exact) mass is 362 g/mol. The van der Waals surface area contributed by atoms with Crippen molar-refractivity contribution in [3.8, 4) is 0 Å². The summed E-state index contributed by atoms with van der Waals surface area (Å²) < 4.78 is 5.74. The minimum atomic E-state index is -0.852. The Morgan fingerprint density at radius 2 is 1.92 bits per heavy atom. The number of carbonyl (C=O) groups is 1. The molecule has 2 rings (SSSR count). The lowest BCUT2D eigenvalue weighted by atomic mass is 10.0. The summed E-state index contributed by atoms with van der Waals surface area (Å²) in [5.41, 5.74) is 3.26. The van der Waals surface area contributed by atoms with Gasteiger partial charge in [-0.15, -0.1) is 0 Å². The molecule has 1 saturated heterocycles. The largest absolute Gasteiger partial charge is 0.465 e. The number of piperidine rings is 1. The number of rotatable bonds is 9. The molecule has 1 aliphatic heterocycles.